The van der Waals surface area contributed by atoms with Crippen LogP contribution >= 0.6 is 0 Å². The summed E-state index contributed by atoms with van der Waals surface area (Å²) >= 11 is 0. The summed E-state index contributed by atoms with van der Waals surface area (Å²) < 4.78 is 0. The smallest absolute Gasteiger partial charge is 0.168 e. The second-order valence-electron chi connectivity index (χ2n) is 2.95. The molecule has 0 bridgehead atoms. The van der Waals surface area contributed by atoms with Crippen LogP contribution in [0.15, 0.2) is 36.7 Å². The van der Waals surface area contributed by atoms with Gasteiger partial charge < -0.3 is 0 Å². The first-order valence-corrected chi connectivity index (χ1v) is 4.34. The van der Waals surface area contributed by atoms with Crippen LogP contribution in [0.5, 0.6) is 0 Å². The molecule has 2 heteroatoms. The van der Waals surface area contributed by atoms with E-state index in [0.717, 1.165) is 12.0 Å². The second-order valence-corrected chi connectivity index (χ2v) is 2.95. The third kappa shape index (κ3) is 2.82. The van der Waals surface area contributed by atoms with Crippen molar-refractivity contribution in [1.29, 1.82) is 0 Å². The number of nitrogens with zero attached hydrogens (tertiary/aromatic N) is 1. The minimum atomic E-state index is 0.0972. The molecule has 2 nitrogen and oxygen atoms in total. The number of allylic oxidation sites excluding steroid dienone is 1. The van der Waals surface area contributed by atoms with E-state index in [2.05, 4.69) is 11.6 Å². The molecule has 0 unspecified atom stereocenters. The van der Waals surface area contributed by atoms with Gasteiger partial charge in [0, 0.05) is 24.4 Å². The number of Topliss-reactive ketones (excluding diaryl/α,β-unsaturated/α-hetero) is 1. The zero-order chi connectivity index (χ0) is 9.68. The van der Waals surface area contributed by atoms with Crippen molar-refractivity contribution in [3.8, 4) is 0 Å². The Kier molecular flexibility index (Phi) is 3.38. The summed E-state index contributed by atoms with van der Waals surface area (Å²) in [6.45, 7) is 5.80. The second kappa shape index (κ2) is 4.55. The van der Waals surface area contributed by atoms with Crippen molar-refractivity contribution in [2.24, 2.45) is 0 Å². The molecule has 0 saturated heterocycles. The van der Waals surface area contributed by atoms with E-state index in [4.69, 9.17) is 0 Å². The third-order valence-electron chi connectivity index (χ3n) is 1.89. The monoisotopic (exact) mass is 175 g/mol. The van der Waals surface area contributed by atoms with E-state index in [-0.39, 0.29) is 5.78 Å². The van der Waals surface area contributed by atoms with Crippen molar-refractivity contribution in [3.05, 3.63) is 42.2 Å². The Morgan fingerprint density at radius 3 is 2.92 bits per heavy atom. The van der Waals surface area contributed by atoms with Crippen molar-refractivity contribution in [2.75, 3.05) is 0 Å². The lowest BCUT2D eigenvalue weighted by atomic mass is 10.0. The first-order chi connectivity index (χ1) is 6.24. The minimum Gasteiger partial charge on any atom is -0.294 e. The van der Waals surface area contributed by atoms with Gasteiger partial charge in [-0.1, -0.05) is 19.1 Å². The van der Waals surface area contributed by atoms with Gasteiger partial charge in [-0.15, -0.1) is 0 Å². The maximum absolute atomic E-state index is 11.5. The van der Waals surface area contributed by atoms with E-state index in [9.17, 15) is 4.79 Å². The van der Waals surface area contributed by atoms with Crippen molar-refractivity contribution in [2.45, 2.75) is 19.8 Å². The standard InChI is InChI=1S/C11H13NO/c1-3-9(2)7-11(13)10-5-4-6-12-8-10/h4-6,8H,2-3,7H2,1H3. The number of hydrogen-bond donors (Lipinski definition) is 0. The molecule has 0 aliphatic rings. The molecular formula is C11H13NO. The summed E-state index contributed by atoms with van der Waals surface area (Å²) in [7, 11) is 0. The number of ketones is 1. The van der Waals surface area contributed by atoms with Crippen molar-refractivity contribution < 1.29 is 4.79 Å². The highest BCUT2D eigenvalue weighted by Crippen LogP contribution is 2.08. The van der Waals surface area contributed by atoms with Gasteiger partial charge in [-0.25, -0.2) is 0 Å². The van der Waals surface area contributed by atoms with Crippen LogP contribution in [-0.2, 0) is 0 Å². The van der Waals surface area contributed by atoms with Crippen molar-refractivity contribution in [3.63, 3.8) is 0 Å². The van der Waals surface area contributed by atoms with Gasteiger partial charge in [0.05, 0.1) is 0 Å². The van der Waals surface area contributed by atoms with Gasteiger partial charge in [0.2, 0.25) is 0 Å². The maximum atomic E-state index is 11.5. The molecule has 0 aromatic carbocycles. The summed E-state index contributed by atoms with van der Waals surface area (Å²) in [4.78, 5) is 15.4. The van der Waals surface area contributed by atoms with Gasteiger partial charge in [-0.05, 0) is 18.6 Å². The van der Waals surface area contributed by atoms with Crippen LogP contribution < -0.4 is 0 Å². The maximum Gasteiger partial charge on any atom is 0.168 e. The predicted octanol–water partition coefficient (Wildman–Crippen LogP) is 2.62. The average Bonchev–Trinajstić information content (AvgIpc) is 2.19. The van der Waals surface area contributed by atoms with Gasteiger partial charge >= 0.3 is 0 Å². The molecule has 0 aliphatic heterocycles. The number of aromatic nitrogens is 1. The molecule has 13 heavy (non-hydrogen) atoms. The normalized spacial score (nSPS) is 9.62. The minimum absolute atomic E-state index is 0.0972. The zero-order valence-electron chi connectivity index (χ0n) is 7.79. The molecule has 0 spiro atoms. The summed E-state index contributed by atoms with van der Waals surface area (Å²) in [5.74, 6) is 0.0972. The molecule has 0 amide bonds. The van der Waals surface area contributed by atoms with Crippen LogP contribution in [0.25, 0.3) is 0 Å². The fraction of sp³-hybridized carbons (Fsp3) is 0.273. The quantitative estimate of drug-likeness (QED) is 0.520. The highest BCUT2D eigenvalue weighted by molar-refractivity contribution is 5.97. The fourth-order valence-electron chi connectivity index (χ4n) is 0.982. The molecule has 1 aromatic heterocycles. The van der Waals surface area contributed by atoms with Crippen LogP contribution in [-0.4, -0.2) is 10.8 Å². The molecule has 0 fully saturated rings. The van der Waals surface area contributed by atoms with Crippen LogP contribution in [0.4, 0.5) is 0 Å². The van der Waals surface area contributed by atoms with E-state index in [1.165, 1.54) is 0 Å². The summed E-state index contributed by atoms with van der Waals surface area (Å²) in [6.07, 6.45) is 4.53. The Balaban J connectivity index is 2.65. The molecule has 0 N–H and O–H groups in total. The number of pyridine rings is 1. The molecule has 1 rings (SSSR count). The molecular weight excluding hydrogens is 162 g/mol. The van der Waals surface area contributed by atoms with Crippen LogP contribution in [0.3, 0.4) is 0 Å². The first-order valence-electron chi connectivity index (χ1n) is 4.34. The van der Waals surface area contributed by atoms with Gasteiger partial charge in [0.1, 0.15) is 0 Å². The van der Waals surface area contributed by atoms with Crippen molar-refractivity contribution in [1.82, 2.24) is 4.98 Å². The van der Waals surface area contributed by atoms with Gasteiger partial charge in [-0.3, -0.25) is 9.78 Å². The first kappa shape index (κ1) is 9.65. The number of carbonyl (C=O) groups excluding carboxylic acids is 1. The molecule has 0 radical (unpaired) electrons. The fourth-order valence-corrected chi connectivity index (χ4v) is 0.982. The Labute approximate surface area is 78.3 Å². The Hall–Kier alpha value is -1.44. The molecule has 0 saturated carbocycles. The topological polar surface area (TPSA) is 30.0 Å². The van der Waals surface area contributed by atoms with Crippen LogP contribution in [0.2, 0.25) is 0 Å². The summed E-state index contributed by atoms with van der Waals surface area (Å²) in [5.41, 5.74) is 1.63. The van der Waals surface area contributed by atoms with Crippen LogP contribution in [0.1, 0.15) is 30.1 Å². The lowest BCUT2D eigenvalue weighted by molar-refractivity contribution is 0.0992. The third-order valence-corrected chi connectivity index (χ3v) is 1.89. The Bertz CT molecular complexity index is 303. The van der Waals surface area contributed by atoms with Gasteiger partial charge in [0.25, 0.3) is 0 Å². The van der Waals surface area contributed by atoms with Crippen LogP contribution in [0, 0.1) is 0 Å². The number of rotatable bonds is 4. The Morgan fingerprint density at radius 1 is 1.62 bits per heavy atom. The van der Waals surface area contributed by atoms with Gasteiger partial charge in [-0.2, -0.15) is 0 Å². The lowest BCUT2D eigenvalue weighted by Crippen LogP contribution is -2.00. The summed E-state index contributed by atoms with van der Waals surface area (Å²) in [6, 6.07) is 3.54. The van der Waals surface area contributed by atoms with Crippen molar-refractivity contribution >= 4 is 5.78 Å². The molecule has 0 aliphatic carbocycles. The van der Waals surface area contributed by atoms with Gasteiger partial charge in [0.15, 0.2) is 5.78 Å². The van der Waals surface area contributed by atoms with E-state index < -0.39 is 0 Å². The number of hydrogen-bond acceptors (Lipinski definition) is 2. The molecule has 68 valence electrons. The Morgan fingerprint density at radius 2 is 2.38 bits per heavy atom. The highest BCUT2D eigenvalue weighted by atomic mass is 16.1. The highest BCUT2D eigenvalue weighted by Gasteiger charge is 2.05. The summed E-state index contributed by atoms with van der Waals surface area (Å²) in [5, 5.41) is 0. The van der Waals surface area contributed by atoms with E-state index in [1.807, 2.05) is 6.92 Å². The van der Waals surface area contributed by atoms with E-state index in [1.54, 1.807) is 24.5 Å². The predicted molar refractivity (Wildman–Crippen MR) is 52.6 cm³/mol. The zero-order valence-corrected chi connectivity index (χ0v) is 7.79. The van der Waals surface area contributed by atoms with E-state index >= 15 is 0 Å². The van der Waals surface area contributed by atoms with E-state index in [0.29, 0.717) is 12.0 Å². The lowest BCUT2D eigenvalue weighted by Gasteiger charge is -2.00. The average molecular weight is 175 g/mol. The SMILES string of the molecule is C=C(CC)CC(=O)c1cccnc1. The molecule has 1 aromatic rings. The number of carbonyl (C=O) groups is 1. The molecule has 1 heterocycles. The largest absolute Gasteiger partial charge is 0.294 e. The molecule has 0 atom stereocenters.